The molecule has 140 valence electrons. The van der Waals surface area contributed by atoms with Crippen LogP contribution >= 0.6 is 0 Å². The monoisotopic (exact) mass is 385 g/mol. The summed E-state index contributed by atoms with van der Waals surface area (Å²) < 4.78 is 33.2. The number of carbonyl (C=O) groups excluding carboxylic acids is 1. The lowest BCUT2D eigenvalue weighted by Gasteiger charge is -2.17. The number of pyridine rings is 1. The Hall–Kier alpha value is -2.71. The average molecular weight is 385 g/mol. The Labute approximate surface area is 157 Å². The van der Waals surface area contributed by atoms with Gasteiger partial charge in [-0.2, -0.15) is 0 Å². The zero-order valence-corrected chi connectivity index (χ0v) is 15.6. The lowest BCUT2D eigenvalue weighted by atomic mass is 10.1. The molecule has 0 spiro atoms. The minimum atomic E-state index is -3.83. The Balaban J connectivity index is 1.83. The van der Waals surface area contributed by atoms with Crippen molar-refractivity contribution in [2.45, 2.75) is 17.7 Å². The molecule has 1 N–H and O–H groups in total. The summed E-state index contributed by atoms with van der Waals surface area (Å²) >= 11 is 0. The molecule has 0 saturated heterocycles. The molecule has 0 bridgehead atoms. The molecule has 0 saturated carbocycles. The Morgan fingerprint density at radius 1 is 1.30 bits per heavy atom. The van der Waals surface area contributed by atoms with Crippen LogP contribution in [0.1, 0.15) is 11.1 Å². The minimum absolute atomic E-state index is 0.0296. The normalized spacial score (nSPS) is 14.2. The van der Waals surface area contributed by atoms with Gasteiger partial charge in [-0.15, -0.1) is 0 Å². The van der Waals surface area contributed by atoms with Crippen molar-refractivity contribution in [2.75, 3.05) is 20.2 Å². The Kier molecular flexibility index (Phi) is 4.45. The molecule has 1 aliphatic heterocycles. The van der Waals surface area contributed by atoms with Crippen LogP contribution < -0.4 is 10.1 Å². The van der Waals surface area contributed by atoms with Gasteiger partial charge in [0.15, 0.2) is 5.78 Å². The molecule has 0 radical (unpaired) electrons. The van der Waals surface area contributed by atoms with Crippen LogP contribution in [0, 0.1) is 0 Å². The van der Waals surface area contributed by atoms with Crippen molar-refractivity contribution in [3.8, 4) is 5.75 Å². The number of likely N-dealkylation sites (N-methyl/N-ethyl adjacent to an activating group) is 1. The third kappa shape index (κ3) is 3.11. The molecular weight excluding hydrogens is 366 g/mol. The van der Waals surface area contributed by atoms with Crippen LogP contribution in [0.4, 0.5) is 0 Å². The smallest absolute Gasteiger partial charge is 0.268 e. The van der Waals surface area contributed by atoms with E-state index in [0.717, 1.165) is 5.56 Å². The molecule has 3 aromatic rings. The van der Waals surface area contributed by atoms with E-state index in [4.69, 9.17) is 4.74 Å². The Morgan fingerprint density at radius 3 is 2.96 bits per heavy atom. The third-order valence-corrected chi connectivity index (χ3v) is 6.28. The highest BCUT2D eigenvalue weighted by molar-refractivity contribution is 7.90. The maximum absolute atomic E-state index is 13.3. The van der Waals surface area contributed by atoms with Crippen LogP contribution in [0.3, 0.4) is 0 Å². The molecule has 27 heavy (non-hydrogen) atoms. The predicted octanol–water partition coefficient (Wildman–Crippen LogP) is 1.54. The number of nitrogens with zero attached hydrogens (tertiary/aromatic N) is 2. The number of aromatic nitrogens is 2. The van der Waals surface area contributed by atoms with Crippen molar-refractivity contribution in [2.24, 2.45) is 0 Å². The summed E-state index contributed by atoms with van der Waals surface area (Å²) in [4.78, 5) is 16.1. The lowest BCUT2D eigenvalue weighted by molar-refractivity contribution is -0.121. The van der Waals surface area contributed by atoms with Gasteiger partial charge in [0.1, 0.15) is 12.4 Å². The summed E-state index contributed by atoms with van der Waals surface area (Å²) in [6.45, 7) is 0.746. The van der Waals surface area contributed by atoms with E-state index in [-0.39, 0.29) is 23.7 Å². The first-order valence-corrected chi connectivity index (χ1v) is 10.1. The topological polar surface area (TPSA) is 90.3 Å². The van der Waals surface area contributed by atoms with Crippen LogP contribution in [0.5, 0.6) is 5.75 Å². The largest absolute Gasteiger partial charge is 0.486 e. The van der Waals surface area contributed by atoms with Crippen molar-refractivity contribution in [3.05, 3.63) is 53.9 Å². The van der Waals surface area contributed by atoms with Crippen LogP contribution in [0.25, 0.3) is 11.0 Å². The summed E-state index contributed by atoms with van der Waals surface area (Å²) in [5.41, 5.74) is 2.67. The van der Waals surface area contributed by atoms with Gasteiger partial charge in [-0.05, 0) is 55.9 Å². The molecule has 1 aromatic carbocycles. The van der Waals surface area contributed by atoms with Crippen LogP contribution in [0.2, 0.25) is 0 Å². The highest BCUT2D eigenvalue weighted by atomic mass is 32.2. The van der Waals surface area contributed by atoms with E-state index in [1.54, 1.807) is 30.6 Å². The SMILES string of the molecule is CNCCc1cn(S(=O)(=O)c2ccc3c(c2)CC(=O)CO3)c2cccnc12. The summed E-state index contributed by atoms with van der Waals surface area (Å²) in [7, 11) is -1.98. The number of hydrogen-bond acceptors (Lipinski definition) is 6. The van der Waals surface area contributed by atoms with E-state index >= 15 is 0 Å². The van der Waals surface area contributed by atoms with Gasteiger partial charge < -0.3 is 10.1 Å². The summed E-state index contributed by atoms with van der Waals surface area (Å²) in [6, 6.07) is 8.11. The molecule has 0 unspecified atom stereocenters. The van der Waals surface area contributed by atoms with E-state index in [1.807, 2.05) is 7.05 Å². The van der Waals surface area contributed by atoms with Gasteiger partial charge in [0.05, 0.1) is 15.9 Å². The second-order valence-corrected chi connectivity index (χ2v) is 8.27. The van der Waals surface area contributed by atoms with Gasteiger partial charge in [0, 0.05) is 24.4 Å². The Morgan fingerprint density at radius 2 is 2.15 bits per heavy atom. The molecule has 0 amide bonds. The van der Waals surface area contributed by atoms with Gasteiger partial charge in [-0.3, -0.25) is 9.78 Å². The first-order chi connectivity index (χ1) is 13.0. The molecular formula is C19H19N3O4S. The van der Waals surface area contributed by atoms with E-state index in [1.165, 1.54) is 16.1 Å². The van der Waals surface area contributed by atoms with E-state index < -0.39 is 10.0 Å². The maximum atomic E-state index is 13.3. The number of hydrogen-bond donors (Lipinski definition) is 1. The van der Waals surface area contributed by atoms with Gasteiger partial charge in [0.25, 0.3) is 10.0 Å². The second kappa shape index (κ2) is 6.79. The fourth-order valence-corrected chi connectivity index (χ4v) is 4.70. The molecule has 3 heterocycles. The second-order valence-electron chi connectivity index (χ2n) is 6.45. The number of rotatable bonds is 5. The number of ketones is 1. The van der Waals surface area contributed by atoms with Crippen molar-refractivity contribution in [1.82, 2.24) is 14.3 Å². The fourth-order valence-electron chi connectivity index (χ4n) is 3.27. The average Bonchev–Trinajstić information content (AvgIpc) is 3.05. The zero-order chi connectivity index (χ0) is 19.0. The highest BCUT2D eigenvalue weighted by Gasteiger charge is 2.25. The number of benzene rings is 1. The van der Waals surface area contributed by atoms with Gasteiger partial charge in [0.2, 0.25) is 0 Å². The number of ether oxygens (including phenoxy) is 1. The van der Waals surface area contributed by atoms with Crippen LogP contribution in [-0.2, 0) is 27.7 Å². The van der Waals surface area contributed by atoms with Gasteiger partial charge in [-0.25, -0.2) is 12.4 Å². The molecule has 4 rings (SSSR count). The molecule has 7 nitrogen and oxygen atoms in total. The van der Waals surface area contributed by atoms with Crippen LogP contribution in [-0.4, -0.2) is 43.4 Å². The molecule has 2 aromatic heterocycles. The standard InChI is InChI=1S/C19H19N3O4S/c1-20-8-6-13-11-22(17-3-2-7-21-19(13)17)27(24,25)16-4-5-18-14(10-16)9-15(23)12-26-18/h2-5,7,10-11,20H,6,8-9,12H2,1H3. The lowest BCUT2D eigenvalue weighted by Crippen LogP contribution is -2.21. The number of nitrogens with one attached hydrogen (secondary N) is 1. The molecule has 1 aliphatic rings. The number of Topliss-reactive ketones (excluding diaryl/α,β-unsaturated/α-hetero) is 1. The zero-order valence-electron chi connectivity index (χ0n) is 14.8. The van der Waals surface area contributed by atoms with Crippen molar-refractivity contribution in [1.29, 1.82) is 0 Å². The minimum Gasteiger partial charge on any atom is -0.486 e. The van der Waals surface area contributed by atoms with Gasteiger partial charge in [-0.1, -0.05) is 0 Å². The molecule has 0 aliphatic carbocycles. The number of fused-ring (bicyclic) bond motifs is 2. The predicted molar refractivity (Wildman–Crippen MR) is 101 cm³/mol. The van der Waals surface area contributed by atoms with Crippen molar-refractivity contribution < 1.29 is 17.9 Å². The quantitative estimate of drug-likeness (QED) is 0.717. The van der Waals surface area contributed by atoms with Crippen LogP contribution in [0.15, 0.2) is 47.6 Å². The summed E-state index contributed by atoms with van der Waals surface area (Å²) in [5, 5.41) is 3.07. The third-order valence-electron chi connectivity index (χ3n) is 4.61. The summed E-state index contributed by atoms with van der Waals surface area (Å²) in [5.74, 6) is 0.490. The molecule has 0 fully saturated rings. The Bertz CT molecular complexity index is 1140. The summed E-state index contributed by atoms with van der Waals surface area (Å²) in [6.07, 6.45) is 4.13. The van der Waals surface area contributed by atoms with E-state index in [9.17, 15) is 13.2 Å². The fraction of sp³-hybridized carbons (Fsp3) is 0.263. The highest BCUT2D eigenvalue weighted by Crippen LogP contribution is 2.29. The first-order valence-electron chi connectivity index (χ1n) is 8.63. The van der Waals surface area contributed by atoms with E-state index in [0.29, 0.717) is 35.3 Å². The molecule has 0 atom stereocenters. The van der Waals surface area contributed by atoms with E-state index in [2.05, 4.69) is 10.3 Å². The first kappa shape index (κ1) is 17.7. The molecule has 8 heteroatoms. The van der Waals surface area contributed by atoms with Crippen molar-refractivity contribution in [3.63, 3.8) is 0 Å². The number of carbonyl (C=O) groups is 1. The van der Waals surface area contributed by atoms with Gasteiger partial charge >= 0.3 is 0 Å². The maximum Gasteiger partial charge on any atom is 0.268 e. The van der Waals surface area contributed by atoms with Crippen molar-refractivity contribution >= 4 is 26.8 Å².